The standard InChI is InChI=1S/C21H19F2N5O/c22-17-7-6-16(13-18(17)23)25-21(29)24-15-5-3-4-14(12-15)19-8-9-20(27-26-19)28-10-1-2-11-28/h3-9,12-13H,1-2,10-11H2,(H2,24,25,29). The second-order valence-electron chi connectivity index (χ2n) is 6.76. The summed E-state index contributed by atoms with van der Waals surface area (Å²) in [7, 11) is 0. The van der Waals surface area contributed by atoms with E-state index in [9.17, 15) is 13.6 Å². The molecule has 1 aliphatic rings. The molecule has 1 saturated heterocycles. The Morgan fingerprint density at radius 2 is 1.62 bits per heavy atom. The van der Waals surface area contributed by atoms with Crippen LogP contribution in [0.15, 0.2) is 54.6 Å². The van der Waals surface area contributed by atoms with Gasteiger partial charge in [0.2, 0.25) is 0 Å². The maximum Gasteiger partial charge on any atom is 0.323 e. The van der Waals surface area contributed by atoms with Gasteiger partial charge in [0.25, 0.3) is 0 Å². The number of carbonyl (C=O) groups excluding carboxylic acids is 1. The largest absolute Gasteiger partial charge is 0.355 e. The van der Waals surface area contributed by atoms with Crippen LogP contribution in [0.1, 0.15) is 12.8 Å². The fourth-order valence-corrected chi connectivity index (χ4v) is 3.22. The van der Waals surface area contributed by atoms with Crippen molar-refractivity contribution in [1.82, 2.24) is 10.2 Å². The number of aromatic nitrogens is 2. The summed E-state index contributed by atoms with van der Waals surface area (Å²) < 4.78 is 26.2. The van der Waals surface area contributed by atoms with Crippen LogP contribution < -0.4 is 15.5 Å². The van der Waals surface area contributed by atoms with Gasteiger partial charge in [0.15, 0.2) is 17.5 Å². The van der Waals surface area contributed by atoms with Crippen molar-refractivity contribution in [3.05, 3.63) is 66.2 Å². The lowest BCUT2D eigenvalue weighted by Crippen LogP contribution is -2.19. The summed E-state index contributed by atoms with van der Waals surface area (Å²) in [4.78, 5) is 14.4. The molecular weight excluding hydrogens is 376 g/mol. The minimum absolute atomic E-state index is 0.154. The Kier molecular flexibility index (Phi) is 5.33. The van der Waals surface area contributed by atoms with Gasteiger partial charge in [-0.2, -0.15) is 0 Å². The number of anilines is 3. The normalized spacial score (nSPS) is 13.4. The quantitative estimate of drug-likeness (QED) is 0.674. The van der Waals surface area contributed by atoms with Crippen LogP contribution in [0.5, 0.6) is 0 Å². The lowest BCUT2D eigenvalue weighted by atomic mass is 10.1. The number of carbonyl (C=O) groups is 1. The van der Waals surface area contributed by atoms with Crippen LogP contribution in [0.4, 0.5) is 30.8 Å². The number of rotatable bonds is 4. The summed E-state index contributed by atoms with van der Waals surface area (Å²) in [5, 5.41) is 13.7. The highest BCUT2D eigenvalue weighted by Crippen LogP contribution is 2.23. The third kappa shape index (κ3) is 4.48. The predicted molar refractivity (Wildman–Crippen MR) is 108 cm³/mol. The molecule has 2 amide bonds. The maximum absolute atomic E-state index is 13.3. The van der Waals surface area contributed by atoms with Crippen molar-refractivity contribution in [3.8, 4) is 11.3 Å². The summed E-state index contributed by atoms with van der Waals surface area (Å²) in [6, 6.07) is 13.6. The molecule has 6 nitrogen and oxygen atoms in total. The maximum atomic E-state index is 13.3. The fourth-order valence-electron chi connectivity index (χ4n) is 3.22. The van der Waals surface area contributed by atoms with Gasteiger partial charge in [0, 0.05) is 36.1 Å². The molecule has 3 aromatic rings. The zero-order valence-electron chi connectivity index (χ0n) is 15.5. The number of urea groups is 1. The number of hydrogen-bond donors (Lipinski definition) is 2. The molecule has 1 fully saturated rings. The van der Waals surface area contributed by atoms with Crippen molar-refractivity contribution in [3.63, 3.8) is 0 Å². The van der Waals surface area contributed by atoms with Crippen LogP contribution in [0.3, 0.4) is 0 Å². The van der Waals surface area contributed by atoms with Gasteiger partial charge in [-0.3, -0.25) is 0 Å². The average molecular weight is 395 g/mol. The summed E-state index contributed by atoms with van der Waals surface area (Å²) in [6.07, 6.45) is 2.34. The van der Waals surface area contributed by atoms with E-state index in [4.69, 9.17) is 0 Å². The summed E-state index contributed by atoms with van der Waals surface area (Å²) in [5.41, 5.74) is 2.18. The second kappa shape index (κ2) is 8.22. The van der Waals surface area contributed by atoms with E-state index in [1.165, 1.54) is 18.9 Å². The Morgan fingerprint density at radius 3 is 2.31 bits per heavy atom. The van der Waals surface area contributed by atoms with Crippen molar-refractivity contribution in [1.29, 1.82) is 0 Å². The van der Waals surface area contributed by atoms with Gasteiger partial charge in [-0.05, 0) is 49.2 Å². The van der Waals surface area contributed by atoms with Crippen molar-refractivity contribution in [2.24, 2.45) is 0 Å². The van der Waals surface area contributed by atoms with E-state index < -0.39 is 17.7 Å². The van der Waals surface area contributed by atoms with Gasteiger partial charge in [-0.25, -0.2) is 13.6 Å². The zero-order chi connectivity index (χ0) is 20.2. The molecule has 0 radical (unpaired) electrons. The van der Waals surface area contributed by atoms with Crippen LogP contribution in [0, 0.1) is 11.6 Å². The number of halogens is 2. The molecule has 8 heteroatoms. The molecule has 2 heterocycles. The SMILES string of the molecule is O=C(Nc1cccc(-c2ccc(N3CCCC3)nn2)c1)Nc1ccc(F)c(F)c1. The summed E-state index contributed by atoms with van der Waals surface area (Å²) in [5.74, 6) is -1.13. The molecule has 0 bridgehead atoms. The molecule has 0 spiro atoms. The molecule has 1 aliphatic heterocycles. The molecule has 29 heavy (non-hydrogen) atoms. The fraction of sp³-hybridized carbons (Fsp3) is 0.190. The Morgan fingerprint density at radius 1 is 0.862 bits per heavy atom. The first-order chi connectivity index (χ1) is 14.1. The topological polar surface area (TPSA) is 70.2 Å². The summed E-state index contributed by atoms with van der Waals surface area (Å²) >= 11 is 0. The monoisotopic (exact) mass is 395 g/mol. The van der Waals surface area contributed by atoms with E-state index in [-0.39, 0.29) is 5.69 Å². The smallest absolute Gasteiger partial charge is 0.323 e. The first kappa shape index (κ1) is 18.8. The highest BCUT2D eigenvalue weighted by atomic mass is 19.2. The predicted octanol–water partition coefficient (Wildman–Crippen LogP) is 4.67. The van der Waals surface area contributed by atoms with E-state index in [1.807, 2.05) is 18.2 Å². The molecule has 0 atom stereocenters. The third-order valence-corrected chi connectivity index (χ3v) is 4.67. The zero-order valence-corrected chi connectivity index (χ0v) is 15.5. The molecule has 148 valence electrons. The van der Waals surface area contributed by atoms with Gasteiger partial charge in [-0.1, -0.05) is 12.1 Å². The lowest BCUT2D eigenvalue weighted by Gasteiger charge is -2.15. The van der Waals surface area contributed by atoms with Gasteiger partial charge in [-0.15, -0.1) is 10.2 Å². The Bertz CT molecular complexity index is 1020. The first-order valence-corrected chi connectivity index (χ1v) is 9.31. The van der Waals surface area contributed by atoms with Crippen molar-refractivity contribution >= 4 is 23.2 Å². The molecule has 4 rings (SSSR count). The molecular formula is C21H19F2N5O. The van der Waals surface area contributed by atoms with E-state index in [0.29, 0.717) is 11.4 Å². The van der Waals surface area contributed by atoms with E-state index in [2.05, 4.69) is 25.7 Å². The molecule has 2 aromatic carbocycles. The number of nitrogens with one attached hydrogen (secondary N) is 2. The highest BCUT2D eigenvalue weighted by Gasteiger charge is 2.14. The van der Waals surface area contributed by atoms with E-state index in [1.54, 1.807) is 18.2 Å². The number of nitrogens with zero attached hydrogens (tertiary/aromatic N) is 3. The molecule has 0 aliphatic carbocycles. The Hall–Kier alpha value is -3.55. The van der Waals surface area contributed by atoms with Crippen LogP contribution in [0.2, 0.25) is 0 Å². The number of hydrogen-bond acceptors (Lipinski definition) is 4. The van der Waals surface area contributed by atoms with Crippen LogP contribution >= 0.6 is 0 Å². The number of benzene rings is 2. The number of amides is 2. The minimum atomic E-state index is -1.03. The third-order valence-electron chi connectivity index (χ3n) is 4.67. The second-order valence-corrected chi connectivity index (χ2v) is 6.76. The van der Waals surface area contributed by atoms with Gasteiger partial charge in [0.1, 0.15) is 0 Å². The Labute approximate surface area is 166 Å². The molecule has 0 saturated carbocycles. The van der Waals surface area contributed by atoms with Crippen molar-refractivity contribution < 1.29 is 13.6 Å². The lowest BCUT2D eigenvalue weighted by molar-refractivity contribution is 0.262. The van der Waals surface area contributed by atoms with E-state index in [0.717, 1.165) is 36.6 Å². The molecule has 1 aromatic heterocycles. The average Bonchev–Trinajstić information content (AvgIpc) is 3.26. The van der Waals surface area contributed by atoms with Crippen LogP contribution in [-0.4, -0.2) is 29.3 Å². The van der Waals surface area contributed by atoms with Crippen molar-refractivity contribution in [2.45, 2.75) is 12.8 Å². The van der Waals surface area contributed by atoms with E-state index >= 15 is 0 Å². The highest BCUT2D eigenvalue weighted by molar-refractivity contribution is 6.00. The summed E-state index contributed by atoms with van der Waals surface area (Å²) in [6.45, 7) is 2.00. The van der Waals surface area contributed by atoms with Crippen molar-refractivity contribution in [2.75, 3.05) is 28.6 Å². The molecule has 0 unspecified atom stereocenters. The minimum Gasteiger partial charge on any atom is -0.355 e. The van der Waals surface area contributed by atoms with Crippen LogP contribution in [-0.2, 0) is 0 Å². The Balaban J connectivity index is 1.44. The van der Waals surface area contributed by atoms with Gasteiger partial charge >= 0.3 is 6.03 Å². The van der Waals surface area contributed by atoms with Crippen LogP contribution in [0.25, 0.3) is 11.3 Å². The van der Waals surface area contributed by atoms with Gasteiger partial charge in [0.05, 0.1) is 5.69 Å². The molecule has 2 N–H and O–H groups in total. The first-order valence-electron chi connectivity index (χ1n) is 9.31. The van der Waals surface area contributed by atoms with Gasteiger partial charge < -0.3 is 15.5 Å².